The predicted octanol–water partition coefficient (Wildman–Crippen LogP) is 3.69. The van der Waals surface area contributed by atoms with Crippen molar-refractivity contribution in [3.05, 3.63) is 78.1 Å². The lowest BCUT2D eigenvalue weighted by Gasteiger charge is -2.06. The summed E-state index contributed by atoms with van der Waals surface area (Å²) in [6, 6.07) is 19.1. The van der Waals surface area contributed by atoms with E-state index in [0.29, 0.717) is 25.3 Å². The van der Waals surface area contributed by atoms with Crippen molar-refractivity contribution in [1.82, 2.24) is 20.8 Å². The van der Waals surface area contributed by atoms with Gasteiger partial charge >= 0.3 is 0 Å². The number of carbonyl (C=O) groups is 2. The molecule has 0 aliphatic heterocycles. The van der Waals surface area contributed by atoms with Gasteiger partial charge in [0.1, 0.15) is 0 Å². The summed E-state index contributed by atoms with van der Waals surface area (Å²) in [5.74, 6) is 0.280. The fourth-order valence-electron chi connectivity index (χ4n) is 3.40. The third-order valence-electron chi connectivity index (χ3n) is 5.04. The molecule has 2 aromatic carbocycles. The molecule has 2 heterocycles. The zero-order valence-corrected chi connectivity index (χ0v) is 17.1. The third-order valence-corrected chi connectivity index (χ3v) is 5.04. The van der Waals surface area contributed by atoms with Crippen LogP contribution < -0.4 is 10.6 Å². The van der Waals surface area contributed by atoms with E-state index < -0.39 is 0 Å². The number of aromatic amines is 1. The highest BCUT2D eigenvalue weighted by atomic mass is 16.5. The monoisotopic (exact) mass is 416 g/mol. The number of nitrogens with one attached hydrogen (secondary N) is 3. The Bertz CT molecular complexity index is 1160. The second-order valence-corrected chi connectivity index (χ2v) is 7.29. The molecule has 0 aliphatic rings. The van der Waals surface area contributed by atoms with Gasteiger partial charge in [-0.3, -0.25) is 9.59 Å². The SMILES string of the molecule is O=C(Cc1c[nH]c2ccccc12)NCCCCNC(=O)c1cc(-c2ccccc2)on1. The van der Waals surface area contributed by atoms with Crippen molar-refractivity contribution in [2.45, 2.75) is 19.3 Å². The van der Waals surface area contributed by atoms with Crippen LogP contribution in [0.1, 0.15) is 28.9 Å². The van der Waals surface area contributed by atoms with Crippen molar-refractivity contribution in [1.29, 1.82) is 0 Å². The van der Waals surface area contributed by atoms with E-state index >= 15 is 0 Å². The second kappa shape index (κ2) is 9.75. The Morgan fingerprint density at radius 2 is 1.68 bits per heavy atom. The fourth-order valence-corrected chi connectivity index (χ4v) is 3.40. The van der Waals surface area contributed by atoms with Gasteiger partial charge < -0.3 is 20.1 Å². The standard InChI is InChI=1S/C24H24N4O3/c29-23(14-18-16-27-20-11-5-4-10-19(18)20)25-12-6-7-13-26-24(30)21-15-22(31-28-21)17-8-2-1-3-9-17/h1-5,8-11,15-16,27H,6-7,12-14H2,(H,25,29)(H,26,30). The number of unbranched alkanes of at least 4 members (excludes halogenated alkanes) is 1. The minimum Gasteiger partial charge on any atom is -0.361 e. The number of amides is 2. The Labute approximate surface area is 179 Å². The van der Waals surface area contributed by atoms with Crippen molar-refractivity contribution in [2.75, 3.05) is 13.1 Å². The van der Waals surface area contributed by atoms with Gasteiger partial charge in [0.25, 0.3) is 5.91 Å². The van der Waals surface area contributed by atoms with E-state index in [0.717, 1.165) is 34.9 Å². The molecule has 0 aliphatic carbocycles. The predicted molar refractivity (Wildman–Crippen MR) is 119 cm³/mol. The lowest BCUT2D eigenvalue weighted by molar-refractivity contribution is -0.120. The van der Waals surface area contributed by atoms with Crippen LogP contribution in [-0.2, 0) is 11.2 Å². The number of nitrogens with zero attached hydrogens (tertiary/aromatic N) is 1. The van der Waals surface area contributed by atoms with Gasteiger partial charge in [0, 0.05) is 41.8 Å². The molecule has 0 saturated carbocycles. The minimum atomic E-state index is -0.269. The number of rotatable bonds is 9. The molecular weight excluding hydrogens is 392 g/mol. The van der Waals surface area contributed by atoms with Gasteiger partial charge in [-0.15, -0.1) is 0 Å². The largest absolute Gasteiger partial charge is 0.361 e. The molecule has 0 bridgehead atoms. The van der Waals surface area contributed by atoms with Crippen molar-refractivity contribution >= 4 is 22.7 Å². The first-order valence-corrected chi connectivity index (χ1v) is 10.3. The summed E-state index contributed by atoms with van der Waals surface area (Å²) in [4.78, 5) is 27.6. The first-order valence-electron chi connectivity index (χ1n) is 10.3. The Balaban J connectivity index is 1.14. The van der Waals surface area contributed by atoms with Crippen LogP contribution in [0.25, 0.3) is 22.2 Å². The summed E-state index contributed by atoms with van der Waals surface area (Å²) in [6.07, 6.45) is 3.75. The van der Waals surface area contributed by atoms with Gasteiger partial charge in [-0.25, -0.2) is 0 Å². The van der Waals surface area contributed by atoms with Crippen molar-refractivity contribution < 1.29 is 14.1 Å². The van der Waals surface area contributed by atoms with E-state index in [9.17, 15) is 9.59 Å². The summed E-state index contributed by atoms with van der Waals surface area (Å²) < 4.78 is 5.25. The molecule has 3 N–H and O–H groups in total. The average molecular weight is 416 g/mol. The molecule has 2 amide bonds. The lowest BCUT2D eigenvalue weighted by atomic mass is 10.1. The van der Waals surface area contributed by atoms with E-state index in [1.807, 2.05) is 60.8 Å². The van der Waals surface area contributed by atoms with Crippen LogP contribution in [0.5, 0.6) is 0 Å². The molecule has 0 spiro atoms. The Morgan fingerprint density at radius 1 is 0.935 bits per heavy atom. The lowest BCUT2D eigenvalue weighted by Crippen LogP contribution is -2.28. The maximum Gasteiger partial charge on any atom is 0.273 e. The normalized spacial score (nSPS) is 10.8. The molecule has 31 heavy (non-hydrogen) atoms. The first kappa shape index (κ1) is 20.4. The highest BCUT2D eigenvalue weighted by molar-refractivity contribution is 5.93. The number of hydrogen-bond acceptors (Lipinski definition) is 4. The second-order valence-electron chi connectivity index (χ2n) is 7.29. The van der Waals surface area contributed by atoms with Gasteiger partial charge in [0.2, 0.25) is 5.91 Å². The molecule has 0 unspecified atom stereocenters. The molecule has 158 valence electrons. The summed E-state index contributed by atoms with van der Waals surface area (Å²) in [5, 5.41) is 10.7. The summed E-state index contributed by atoms with van der Waals surface area (Å²) >= 11 is 0. The average Bonchev–Trinajstić information content (AvgIpc) is 3.45. The fraction of sp³-hybridized carbons (Fsp3) is 0.208. The van der Waals surface area contributed by atoms with E-state index in [4.69, 9.17) is 4.52 Å². The molecule has 2 aromatic heterocycles. The maximum absolute atomic E-state index is 12.2. The van der Waals surface area contributed by atoms with Crippen molar-refractivity contribution in [2.24, 2.45) is 0 Å². The van der Waals surface area contributed by atoms with Gasteiger partial charge in [0.15, 0.2) is 11.5 Å². The smallest absolute Gasteiger partial charge is 0.273 e. The zero-order valence-electron chi connectivity index (χ0n) is 17.1. The minimum absolute atomic E-state index is 0.00942. The number of aromatic nitrogens is 2. The van der Waals surface area contributed by atoms with Crippen LogP contribution in [0.3, 0.4) is 0 Å². The maximum atomic E-state index is 12.2. The van der Waals surface area contributed by atoms with Crippen molar-refractivity contribution in [3.63, 3.8) is 0 Å². The highest BCUT2D eigenvalue weighted by Crippen LogP contribution is 2.20. The van der Waals surface area contributed by atoms with Gasteiger partial charge in [-0.2, -0.15) is 0 Å². The molecule has 7 heteroatoms. The van der Waals surface area contributed by atoms with Crippen LogP contribution in [0.2, 0.25) is 0 Å². The summed E-state index contributed by atoms with van der Waals surface area (Å²) in [5.41, 5.74) is 3.15. The first-order chi connectivity index (χ1) is 15.2. The third kappa shape index (κ3) is 5.19. The molecule has 0 saturated heterocycles. The number of hydrogen-bond donors (Lipinski definition) is 3. The van der Waals surface area contributed by atoms with E-state index in [1.54, 1.807) is 6.07 Å². The molecule has 0 radical (unpaired) electrons. The van der Waals surface area contributed by atoms with Crippen LogP contribution in [-0.4, -0.2) is 35.0 Å². The van der Waals surface area contributed by atoms with Gasteiger partial charge in [0.05, 0.1) is 6.42 Å². The Morgan fingerprint density at radius 3 is 2.52 bits per heavy atom. The topological polar surface area (TPSA) is 100 Å². The molecular formula is C24H24N4O3. The Kier molecular flexibility index (Phi) is 6.42. The molecule has 0 atom stereocenters. The zero-order chi connectivity index (χ0) is 21.5. The van der Waals surface area contributed by atoms with Crippen LogP contribution in [0.15, 0.2) is 71.4 Å². The van der Waals surface area contributed by atoms with Crippen LogP contribution in [0.4, 0.5) is 0 Å². The number of H-pyrrole nitrogens is 1. The van der Waals surface area contributed by atoms with E-state index in [1.165, 1.54) is 0 Å². The van der Waals surface area contributed by atoms with Crippen molar-refractivity contribution in [3.8, 4) is 11.3 Å². The quantitative estimate of drug-likeness (QED) is 0.362. The van der Waals surface area contributed by atoms with Gasteiger partial charge in [-0.05, 0) is 24.5 Å². The molecule has 4 aromatic rings. The van der Waals surface area contributed by atoms with Crippen LogP contribution >= 0.6 is 0 Å². The molecule has 7 nitrogen and oxygen atoms in total. The number of fused-ring (bicyclic) bond motifs is 1. The molecule has 4 rings (SSSR count). The highest BCUT2D eigenvalue weighted by Gasteiger charge is 2.13. The van der Waals surface area contributed by atoms with Crippen LogP contribution in [0, 0.1) is 0 Å². The molecule has 0 fully saturated rings. The number of carbonyl (C=O) groups excluding carboxylic acids is 2. The summed E-state index contributed by atoms with van der Waals surface area (Å²) in [6.45, 7) is 1.07. The van der Waals surface area contributed by atoms with E-state index in [-0.39, 0.29) is 17.5 Å². The number of para-hydroxylation sites is 1. The summed E-state index contributed by atoms with van der Waals surface area (Å²) in [7, 11) is 0. The number of benzene rings is 2. The van der Waals surface area contributed by atoms with Gasteiger partial charge in [-0.1, -0.05) is 53.7 Å². The Hall–Kier alpha value is -3.87. The van der Waals surface area contributed by atoms with E-state index in [2.05, 4.69) is 20.8 Å².